The monoisotopic (exact) mass is 273 g/mol. The molecular formula is C17H27N3. The van der Waals surface area contributed by atoms with Crippen molar-refractivity contribution in [2.75, 3.05) is 6.54 Å². The second-order valence-electron chi connectivity index (χ2n) is 6.91. The van der Waals surface area contributed by atoms with Crippen LogP contribution in [-0.4, -0.2) is 16.5 Å². The summed E-state index contributed by atoms with van der Waals surface area (Å²) in [4.78, 5) is 9.81. The lowest BCUT2D eigenvalue weighted by molar-refractivity contribution is 0.333. The van der Waals surface area contributed by atoms with Gasteiger partial charge in [-0.1, -0.05) is 19.8 Å². The minimum atomic E-state index is 0.593. The van der Waals surface area contributed by atoms with E-state index < -0.39 is 0 Å². The Morgan fingerprint density at radius 2 is 2.05 bits per heavy atom. The van der Waals surface area contributed by atoms with E-state index in [0.717, 1.165) is 31.1 Å². The van der Waals surface area contributed by atoms with E-state index in [1.54, 1.807) is 0 Å². The van der Waals surface area contributed by atoms with Gasteiger partial charge in [-0.3, -0.25) is 0 Å². The van der Waals surface area contributed by atoms with Crippen LogP contribution in [0.5, 0.6) is 0 Å². The van der Waals surface area contributed by atoms with Crippen molar-refractivity contribution in [1.29, 1.82) is 0 Å². The maximum atomic E-state index is 5.83. The Kier molecular flexibility index (Phi) is 4.06. The molecule has 1 saturated carbocycles. The molecule has 2 N–H and O–H groups in total. The fourth-order valence-corrected chi connectivity index (χ4v) is 3.94. The molecule has 20 heavy (non-hydrogen) atoms. The number of nitrogens with two attached hydrogens (primary N) is 1. The van der Waals surface area contributed by atoms with Crippen molar-refractivity contribution in [1.82, 2.24) is 9.97 Å². The van der Waals surface area contributed by atoms with Crippen LogP contribution in [0.2, 0.25) is 0 Å². The van der Waals surface area contributed by atoms with Crippen LogP contribution in [0.3, 0.4) is 0 Å². The van der Waals surface area contributed by atoms with E-state index in [1.807, 2.05) is 0 Å². The molecule has 0 amide bonds. The van der Waals surface area contributed by atoms with Crippen LogP contribution in [-0.2, 0) is 12.8 Å². The van der Waals surface area contributed by atoms with Crippen LogP contribution < -0.4 is 5.73 Å². The van der Waals surface area contributed by atoms with Crippen molar-refractivity contribution >= 4 is 0 Å². The number of fused-ring (bicyclic) bond motifs is 1. The third-order valence-electron chi connectivity index (χ3n) is 5.23. The van der Waals surface area contributed by atoms with Gasteiger partial charge in [-0.05, 0) is 63.0 Å². The molecule has 1 fully saturated rings. The number of aromatic nitrogens is 2. The summed E-state index contributed by atoms with van der Waals surface area (Å²) >= 11 is 0. The summed E-state index contributed by atoms with van der Waals surface area (Å²) in [5.74, 6) is 3.18. The molecule has 110 valence electrons. The van der Waals surface area contributed by atoms with Gasteiger partial charge in [-0.15, -0.1) is 0 Å². The first kappa shape index (κ1) is 14.0. The fourth-order valence-electron chi connectivity index (χ4n) is 3.94. The largest absolute Gasteiger partial charge is 0.330 e. The molecule has 0 radical (unpaired) electrons. The molecule has 0 spiro atoms. The van der Waals surface area contributed by atoms with Gasteiger partial charge in [-0.25, -0.2) is 9.97 Å². The van der Waals surface area contributed by atoms with E-state index in [4.69, 9.17) is 15.7 Å². The molecule has 3 atom stereocenters. The molecule has 3 rings (SSSR count). The van der Waals surface area contributed by atoms with Gasteiger partial charge in [0.05, 0.1) is 0 Å². The standard InChI is InChI=1S/C17H27N3/c1-11-4-3-5-14(8-11)17-19-12(2)15-9-13(10-18)6-7-16(15)20-17/h11,13-14H,3-10,18H2,1-2H3. The molecule has 3 unspecified atom stereocenters. The van der Waals surface area contributed by atoms with Crippen molar-refractivity contribution in [3.8, 4) is 0 Å². The van der Waals surface area contributed by atoms with Gasteiger partial charge >= 0.3 is 0 Å². The molecule has 1 aromatic rings. The molecule has 2 aliphatic rings. The van der Waals surface area contributed by atoms with E-state index in [-0.39, 0.29) is 0 Å². The molecule has 1 heterocycles. The first-order valence-corrected chi connectivity index (χ1v) is 8.23. The average molecular weight is 273 g/mol. The van der Waals surface area contributed by atoms with Crippen LogP contribution in [0, 0.1) is 18.8 Å². The summed E-state index contributed by atoms with van der Waals surface area (Å²) in [7, 11) is 0. The second kappa shape index (κ2) is 5.80. The first-order valence-electron chi connectivity index (χ1n) is 8.23. The summed E-state index contributed by atoms with van der Waals surface area (Å²) < 4.78 is 0. The van der Waals surface area contributed by atoms with Crippen molar-refractivity contribution in [3.63, 3.8) is 0 Å². The molecule has 0 aliphatic heterocycles. The van der Waals surface area contributed by atoms with Gasteiger partial charge in [-0.2, -0.15) is 0 Å². The highest BCUT2D eigenvalue weighted by Gasteiger charge is 2.26. The Bertz CT molecular complexity index is 483. The number of hydrogen-bond acceptors (Lipinski definition) is 3. The average Bonchev–Trinajstić information content (AvgIpc) is 2.47. The molecule has 1 aromatic heterocycles. The van der Waals surface area contributed by atoms with E-state index in [0.29, 0.717) is 11.8 Å². The summed E-state index contributed by atoms with van der Waals surface area (Å²) in [6, 6.07) is 0. The van der Waals surface area contributed by atoms with Gasteiger partial charge < -0.3 is 5.73 Å². The van der Waals surface area contributed by atoms with Gasteiger partial charge in [0.1, 0.15) is 5.82 Å². The molecule has 0 bridgehead atoms. The molecule has 0 saturated heterocycles. The van der Waals surface area contributed by atoms with Crippen molar-refractivity contribution in [2.45, 2.75) is 64.7 Å². The Labute approximate surface area is 122 Å². The SMILES string of the molecule is Cc1nc(C2CCCC(C)C2)nc2c1CC(CN)CC2. The lowest BCUT2D eigenvalue weighted by Crippen LogP contribution is -2.25. The minimum absolute atomic E-state index is 0.593. The predicted molar refractivity (Wildman–Crippen MR) is 81.7 cm³/mol. The Balaban J connectivity index is 1.86. The first-order chi connectivity index (χ1) is 9.67. The second-order valence-corrected chi connectivity index (χ2v) is 6.91. The number of aryl methyl sites for hydroxylation is 2. The van der Waals surface area contributed by atoms with E-state index >= 15 is 0 Å². The predicted octanol–water partition coefficient (Wildman–Crippen LogP) is 3.14. The molecule has 3 heteroatoms. The number of nitrogens with zero attached hydrogens (tertiary/aromatic N) is 2. The normalized spacial score (nSPS) is 30.1. The Morgan fingerprint density at radius 3 is 2.80 bits per heavy atom. The number of hydrogen-bond donors (Lipinski definition) is 1. The van der Waals surface area contributed by atoms with Crippen LogP contribution >= 0.6 is 0 Å². The summed E-state index contributed by atoms with van der Waals surface area (Å²) in [6.45, 7) is 5.32. The van der Waals surface area contributed by atoms with Gasteiger partial charge in [0.2, 0.25) is 0 Å². The zero-order valence-electron chi connectivity index (χ0n) is 12.9. The minimum Gasteiger partial charge on any atom is -0.330 e. The van der Waals surface area contributed by atoms with E-state index in [9.17, 15) is 0 Å². The van der Waals surface area contributed by atoms with Crippen LogP contribution in [0.4, 0.5) is 0 Å². The smallest absolute Gasteiger partial charge is 0.131 e. The molecule has 0 aromatic carbocycles. The summed E-state index contributed by atoms with van der Waals surface area (Å²) in [5, 5.41) is 0. The van der Waals surface area contributed by atoms with Gasteiger partial charge in [0, 0.05) is 17.3 Å². The maximum Gasteiger partial charge on any atom is 0.131 e. The van der Waals surface area contributed by atoms with Crippen LogP contribution in [0.1, 0.15) is 67.7 Å². The fraction of sp³-hybridized carbons (Fsp3) is 0.765. The third-order valence-corrected chi connectivity index (χ3v) is 5.23. The highest BCUT2D eigenvalue weighted by Crippen LogP contribution is 2.35. The molecule has 2 aliphatic carbocycles. The quantitative estimate of drug-likeness (QED) is 0.900. The van der Waals surface area contributed by atoms with Gasteiger partial charge in [0.25, 0.3) is 0 Å². The zero-order chi connectivity index (χ0) is 14.1. The van der Waals surface area contributed by atoms with Crippen molar-refractivity contribution in [2.24, 2.45) is 17.6 Å². The van der Waals surface area contributed by atoms with Crippen LogP contribution in [0.25, 0.3) is 0 Å². The van der Waals surface area contributed by atoms with Crippen molar-refractivity contribution in [3.05, 3.63) is 22.8 Å². The topological polar surface area (TPSA) is 51.8 Å². The van der Waals surface area contributed by atoms with E-state index in [1.165, 1.54) is 49.1 Å². The van der Waals surface area contributed by atoms with Crippen LogP contribution in [0.15, 0.2) is 0 Å². The van der Waals surface area contributed by atoms with E-state index in [2.05, 4.69) is 13.8 Å². The summed E-state index contributed by atoms with van der Waals surface area (Å²) in [6.07, 6.45) is 8.62. The highest BCUT2D eigenvalue weighted by molar-refractivity contribution is 5.29. The zero-order valence-corrected chi connectivity index (χ0v) is 12.9. The molecule has 3 nitrogen and oxygen atoms in total. The molecular weight excluding hydrogens is 246 g/mol. The Hall–Kier alpha value is -0.960. The van der Waals surface area contributed by atoms with Crippen molar-refractivity contribution < 1.29 is 0 Å². The lowest BCUT2D eigenvalue weighted by Gasteiger charge is -2.28. The lowest BCUT2D eigenvalue weighted by atomic mass is 9.81. The highest BCUT2D eigenvalue weighted by atomic mass is 14.9. The number of rotatable bonds is 2. The summed E-state index contributed by atoms with van der Waals surface area (Å²) in [5.41, 5.74) is 9.74. The third kappa shape index (κ3) is 2.73. The Morgan fingerprint density at radius 1 is 1.20 bits per heavy atom. The van der Waals surface area contributed by atoms with Gasteiger partial charge in [0.15, 0.2) is 0 Å². The maximum absolute atomic E-state index is 5.83.